The van der Waals surface area contributed by atoms with Crippen LogP contribution in [0.5, 0.6) is 0 Å². The van der Waals surface area contributed by atoms with Crippen LogP contribution in [0.2, 0.25) is 10.0 Å². The Morgan fingerprint density at radius 1 is 1.19 bits per heavy atom. The third-order valence-corrected chi connectivity index (χ3v) is 5.59. The second kappa shape index (κ2) is 7.45. The van der Waals surface area contributed by atoms with E-state index in [-0.39, 0.29) is 14.9 Å². The highest BCUT2D eigenvalue weighted by Gasteiger charge is 2.29. The van der Waals surface area contributed by atoms with E-state index in [1.807, 2.05) is 13.8 Å². The maximum absolute atomic E-state index is 12.6. The van der Waals surface area contributed by atoms with Gasteiger partial charge in [0.2, 0.25) is 10.0 Å². The predicted molar refractivity (Wildman–Crippen MR) is 82.8 cm³/mol. The summed E-state index contributed by atoms with van der Waals surface area (Å²) in [4.78, 5) is 10.9. The molecular formula is C13H17Cl2NO4S. The van der Waals surface area contributed by atoms with Crippen LogP contribution in [0.1, 0.15) is 37.0 Å². The van der Waals surface area contributed by atoms with E-state index in [0.29, 0.717) is 25.9 Å². The van der Waals surface area contributed by atoms with Crippen LogP contribution in [0.4, 0.5) is 0 Å². The minimum Gasteiger partial charge on any atom is -0.478 e. The summed E-state index contributed by atoms with van der Waals surface area (Å²) >= 11 is 11.7. The van der Waals surface area contributed by atoms with Gasteiger partial charge >= 0.3 is 5.97 Å². The molecule has 0 aliphatic heterocycles. The molecule has 1 aromatic carbocycles. The van der Waals surface area contributed by atoms with Gasteiger partial charge in [-0.1, -0.05) is 37.0 Å². The van der Waals surface area contributed by atoms with Gasteiger partial charge in [0.15, 0.2) is 0 Å². The molecule has 5 nitrogen and oxygen atoms in total. The van der Waals surface area contributed by atoms with E-state index < -0.39 is 21.6 Å². The number of carboxylic acids is 1. The first kappa shape index (κ1) is 18.2. The molecule has 0 fully saturated rings. The SMILES string of the molecule is CCCN(CCC)S(=O)(=O)c1ccc(Cl)c(C(=O)O)c1Cl. The number of carbonyl (C=O) groups is 1. The molecule has 1 rings (SSSR count). The molecule has 1 aromatic rings. The summed E-state index contributed by atoms with van der Waals surface area (Å²) in [6.45, 7) is 4.42. The Kier molecular flexibility index (Phi) is 6.46. The highest BCUT2D eigenvalue weighted by Crippen LogP contribution is 2.32. The van der Waals surface area contributed by atoms with Crippen molar-refractivity contribution in [3.63, 3.8) is 0 Å². The number of nitrogens with zero attached hydrogens (tertiary/aromatic N) is 1. The summed E-state index contributed by atoms with van der Waals surface area (Å²) in [5, 5.41) is 8.66. The second-order valence-corrected chi connectivity index (χ2v) is 7.14. The molecule has 0 radical (unpaired) electrons. The molecule has 0 aliphatic carbocycles. The van der Waals surface area contributed by atoms with Crippen molar-refractivity contribution in [2.45, 2.75) is 31.6 Å². The van der Waals surface area contributed by atoms with Gasteiger partial charge in [0.05, 0.1) is 15.6 Å². The predicted octanol–water partition coefficient (Wildman–Crippen LogP) is 3.50. The fourth-order valence-corrected chi connectivity index (χ4v) is 4.44. The zero-order valence-corrected chi connectivity index (χ0v) is 14.1. The van der Waals surface area contributed by atoms with Crippen LogP contribution < -0.4 is 0 Å². The van der Waals surface area contributed by atoms with E-state index in [1.54, 1.807) is 0 Å². The molecule has 0 bridgehead atoms. The van der Waals surface area contributed by atoms with E-state index in [2.05, 4.69) is 0 Å². The van der Waals surface area contributed by atoms with Crippen molar-refractivity contribution < 1.29 is 18.3 Å². The molecule has 0 atom stereocenters. The maximum Gasteiger partial charge on any atom is 0.338 e. The average molecular weight is 354 g/mol. The van der Waals surface area contributed by atoms with Gasteiger partial charge in [-0.25, -0.2) is 13.2 Å². The quantitative estimate of drug-likeness (QED) is 0.813. The number of hydrogen-bond donors (Lipinski definition) is 1. The van der Waals surface area contributed by atoms with Crippen molar-refractivity contribution in [1.82, 2.24) is 4.31 Å². The summed E-state index contributed by atoms with van der Waals surface area (Å²) in [5.74, 6) is -1.36. The Morgan fingerprint density at radius 3 is 2.14 bits per heavy atom. The molecule has 0 heterocycles. The van der Waals surface area contributed by atoms with Crippen LogP contribution >= 0.6 is 23.2 Å². The largest absolute Gasteiger partial charge is 0.478 e. The number of halogens is 2. The topological polar surface area (TPSA) is 74.7 Å². The molecule has 1 N–H and O–H groups in total. The number of sulfonamides is 1. The van der Waals surface area contributed by atoms with Crippen LogP contribution in [0.3, 0.4) is 0 Å². The van der Waals surface area contributed by atoms with E-state index in [0.717, 1.165) is 0 Å². The van der Waals surface area contributed by atoms with Crippen molar-refractivity contribution in [3.05, 3.63) is 27.7 Å². The Labute approximate surface area is 134 Å². The Hall–Kier alpha value is -0.820. The molecule has 8 heteroatoms. The summed E-state index contributed by atoms with van der Waals surface area (Å²) < 4.78 is 26.5. The molecule has 0 unspecified atom stereocenters. The standard InChI is InChI=1S/C13H17Cl2NO4S/c1-3-7-16(8-4-2)21(19,20)10-6-5-9(14)11(12(10)15)13(17)18/h5-6H,3-4,7-8H2,1-2H3,(H,17,18). The monoisotopic (exact) mass is 353 g/mol. The molecule has 21 heavy (non-hydrogen) atoms. The highest BCUT2D eigenvalue weighted by molar-refractivity contribution is 7.89. The third kappa shape index (κ3) is 3.88. The van der Waals surface area contributed by atoms with Crippen molar-refractivity contribution in [2.24, 2.45) is 0 Å². The first-order valence-electron chi connectivity index (χ1n) is 6.48. The van der Waals surface area contributed by atoms with Gasteiger partial charge in [-0.2, -0.15) is 4.31 Å². The van der Waals surface area contributed by atoms with Gasteiger partial charge in [0.1, 0.15) is 4.90 Å². The molecule has 0 aromatic heterocycles. The summed E-state index contributed by atoms with van der Waals surface area (Å²) in [5.41, 5.74) is -0.396. The van der Waals surface area contributed by atoms with Gasteiger partial charge in [-0.3, -0.25) is 0 Å². The molecular weight excluding hydrogens is 337 g/mol. The van der Waals surface area contributed by atoms with Crippen LogP contribution in [0, 0.1) is 0 Å². The van der Waals surface area contributed by atoms with Crippen LogP contribution in [-0.4, -0.2) is 36.9 Å². The van der Waals surface area contributed by atoms with E-state index in [1.165, 1.54) is 16.4 Å². The number of aromatic carboxylic acids is 1. The van der Waals surface area contributed by atoms with E-state index in [4.69, 9.17) is 28.3 Å². The lowest BCUT2D eigenvalue weighted by Gasteiger charge is -2.22. The van der Waals surface area contributed by atoms with Crippen molar-refractivity contribution in [3.8, 4) is 0 Å². The number of hydrogen-bond acceptors (Lipinski definition) is 3. The van der Waals surface area contributed by atoms with Crippen LogP contribution in [0.15, 0.2) is 17.0 Å². The van der Waals surface area contributed by atoms with Crippen molar-refractivity contribution >= 4 is 39.2 Å². The summed E-state index contributed by atoms with van der Waals surface area (Å²) in [7, 11) is -3.85. The molecule has 0 aliphatic rings. The van der Waals surface area contributed by atoms with E-state index in [9.17, 15) is 13.2 Å². The smallest absolute Gasteiger partial charge is 0.338 e. The van der Waals surface area contributed by atoms with Crippen molar-refractivity contribution in [2.75, 3.05) is 13.1 Å². The Morgan fingerprint density at radius 2 is 1.71 bits per heavy atom. The van der Waals surface area contributed by atoms with Gasteiger partial charge < -0.3 is 5.11 Å². The fraction of sp³-hybridized carbons (Fsp3) is 0.462. The number of carboxylic acid groups (broad SMARTS) is 1. The summed E-state index contributed by atoms with van der Waals surface area (Å²) in [6, 6.07) is 2.48. The first-order chi connectivity index (χ1) is 9.77. The average Bonchev–Trinajstić information content (AvgIpc) is 2.37. The second-order valence-electron chi connectivity index (χ2n) is 4.44. The minimum atomic E-state index is -3.85. The lowest BCUT2D eigenvalue weighted by molar-refractivity contribution is 0.0697. The van der Waals surface area contributed by atoms with E-state index >= 15 is 0 Å². The lowest BCUT2D eigenvalue weighted by Crippen LogP contribution is -2.33. The van der Waals surface area contributed by atoms with Crippen molar-refractivity contribution in [1.29, 1.82) is 0 Å². The highest BCUT2D eigenvalue weighted by atomic mass is 35.5. The molecule has 0 amide bonds. The molecule has 0 spiro atoms. The van der Waals surface area contributed by atoms with Gasteiger partial charge in [0, 0.05) is 13.1 Å². The normalized spacial score (nSPS) is 11.9. The Balaban J connectivity index is 3.44. The first-order valence-corrected chi connectivity index (χ1v) is 8.68. The Bertz CT molecular complexity index is 625. The van der Waals surface area contributed by atoms with Gasteiger partial charge in [0.25, 0.3) is 0 Å². The van der Waals surface area contributed by atoms with Crippen LogP contribution in [0.25, 0.3) is 0 Å². The third-order valence-electron chi connectivity index (χ3n) is 2.83. The van der Waals surface area contributed by atoms with Gasteiger partial charge in [-0.15, -0.1) is 0 Å². The zero-order valence-electron chi connectivity index (χ0n) is 11.8. The fourth-order valence-electron chi connectivity index (χ4n) is 1.92. The van der Waals surface area contributed by atoms with Gasteiger partial charge in [-0.05, 0) is 25.0 Å². The molecule has 118 valence electrons. The number of benzene rings is 1. The summed E-state index contributed by atoms with van der Waals surface area (Å²) in [6.07, 6.45) is 1.30. The maximum atomic E-state index is 12.6. The number of rotatable bonds is 7. The van der Waals surface area contributed by atoms with Crippen LogP contribution in [-0.2, 0) is 10.0 Å². The lowest BCUT2D eigenvalue weighted by atomic mass is 10.2. The minimum absolute atomic E-state index is 0.0935. The zero-order chi connectivity index (χ0) is 16.2. The molecule has 0 saturated carbocycles. The molecule has 0 saturated heterocycles.